The molecule has 4 saturated carbocycles. The zero-order valence-electron chi connectivity index (χ0n) is 17.6. The van der Waals surface area contributed by atoms with E-state index in [2.05, 4.69) is 13.8 Å². The SMILES string of the molecule is CC12CCCCC1CCC1C2CCC2(C)C(CCCCCCO)CCC12. The minimum atomic E-state index is 0.381. The molecule has 1 nitrogen and oxygen atoms in total. The van der Waals surface area contributed by atoms with Crippen molar-refractivity contribution < 1.29 is 5.11 Å². The summed E-state index contributed by atoms with van der Waals surface area (Å²) in [5.74, 6) is 5.23. The highest BCUT2D eigenvalue weighted by Crippen LogP contribution is 2.67. The van der Waals surface area contributed by atoms with Crippen LogP contribution >= 0.6 is 0 Å². The molecule has 150 valence electrons. The van der Waals surface area contributed by atoms with Crippen LogP contribution in [0.1, 0.15) is 110 Å². The van der Waals surface area contributed by atoms with Crippen molar-refractivity contribution in [3.8, 4) is 0 Å². The van der Waals surface area contributed by atoms with Crippen molar-refractivity contribution in [2.75, 3.05) is 6.61 Å². The molecule has 0 radical (unpaired) electrons. The van der Waals surface area contributed by atoms with E-state index < -0.39 is 0 Å². The van der Waals surface area contributed by atoms with Gasteiger partial charge in [-0.1, -0.05) is 46.0 Å². The van der Waals surface area contributed by atoms with E-state index in [1.807, 2.05) is 0 Å². The second kappa shape index (κ2) is 7.76. The number of unbranched alkanes of at least 4 members (excludes halogenated alkanes) is 3. The van der Waals surface area contributed by atoms with E-state index in [4.69, 9.17) is 5.11 Å². The Balaban J connectivity index is 1.41. The Bertz CT molecular complexity index is 473. The van der Waals surface area contributed by atoms with Gasteiger partial charge in [-0.2, -0.15) is 0 Å². The molecule has 7 atom stereocenters. The molecule has 0 saturated heterocycles. The third-order valence-corrected chi connectivity index (χ3v) is 10.2. The van der Waals surface area contributed by atoms with Crippen LogP contribution in [0, 0.1) is 40.4 Å². The Kier molecular flexibility index (Phi) is 5.76. The quantitative estimate of drug-likeness (QED) is 0.507. The van der Waals surface area contributed by atoms with E-state index in [0.717, 1.165) is 36.0 Å². The molecule has 7 unspecified atom stereocenters. The molecule has 1 N–H and O–H groups in total. The van der Waals surface area contributed by atoms with Gasteiger partial charge in [0.05, 0.1) is 0 Å². The number of hydrogen-bond donors (Lipinski definition) is 1. The fraction of sp³-hybridized carbons (Fsp3) is 1.00. The first kappa shape index (κ1) is 19.3. The highest BCUT2D eigenvalue weighted by atomic mass is 16.2. The van der Waals surface area contributed by atoms with Crippen LogP contribution in [0.2, 0.25) is 0 Å². The van der Waals surface area contributed by atoms with Crippen LogP contribution < -0.4 is 0 Å². The van der Waals surface area contributed by atoms with Crippen molar-refractivity contribution in [3.63, 3.8) is 0 Å². The molecule has 0 aliphatic heterocycles. The number of hydrogen-bond acceptors (Lipinski definition) is 1. The van der Waals surface area contributed by atoms with Crippen molar-refractivity contribution in [2.24, 2.45) is 40.4 Å². The maximum absolute atomic E-state index is 8.99. The zero-order chi connectivity index (χ0) is 18.2. The third kappa shape index (κ3) is 3.19. The normalized spacial score (nSPS) is 47.9. The van der Waals surface area contributed by atoms with Gasteiger partial charge in [-0.3, -0.25) is 0 Å². The summed E-state index contributed by atoms with van der Waals surface area (Å²) in [6.45, 7) is 5.80. The Labute approximate surface area is 162 Å². The highest BCUT2D eigenvalue weighted by molar-refractivity contribution is 5.08. The van der Waals surface area contributed by atoms with Crippen LogP contribution in [0.3, 0.4) is 0 Å². The van der Waals surface area contributed by atoms with Gasteiger partial charge in [0, 0.05) is 6.61 Å². The van der Waals surface area contributed by atoms with Crippen molar-refractivity contribution in [1.29, 1.82) is 0 Å². The van der Waals surface area contributed by atoms with Crippen LogP contribution in [0.15, 0.2) is 0 Å². The first-order valence-corrected chi connectivity index (χ1v) is 12.2. The largest absolute Gasteiger partial charge is 0.396 e. The van der Waals surface area contributed by atoms with Gasteiger partial charge in [0.1, 0.15) is 0 Å². The minimum absolute atomic E-state index is 0.381. The zero-order valence-corrected chi connectivity index (χ0v) is 17.6. The summed E-state index contributed by atoms with van der Waals surface area (Å²) in [5.41, 5.74) is 1.36. The summed E-state index contributed by atoms with van der Waals surface area (Å²) in [4.78, 5) is 0. The van der Waals surface area contributed by atoms with Gasteiger partial charge in [-0.05, 0) is 105 Å². The maximum atomic E-state index is 8.99. The third-order valence-electron chi connectivity index (χ3n) is 10.2. The van der Waals surface area contributed by atoms with Crippen molar-refractivity contribution in [3.05, 3.63) is 0 Å². The first-order valence-electron chi connectivity index (χ1n) is 12.2. The van der Waals surface area contributed by atoms with E-state index in [-0.39, 0.29) is 0 Å². The molecule has 0 bridgehead atoms. The number of fused-ring (bicyclic) bond motifs is 5. The molecule has 4 fully saturated rings. The Morgan fingerprint density at radius 3 is 2.38 bits per heavy atom. The van der Waals surface area contributed by atoms with Crippen LogP contribution in [0.25, 0.3) is 0 Å². The number of aliphatic hydroxyl groups is 1. The lowest BCUT2D eigenvalue weighted by atomic mass is 9.45. The van der Waals surface area contributed by atoms with Crippen molar-refractivity contribution >= 4 is 0 Å². The summed E-state index contributed by atoms with van der Waals surface area (Å²) in [5, 5.41) is 8.99. The summed E-state index contributed by atoms with van der Waals surface area (Å²) < 4.78 is 0. The smallest absolute Gasteiger partial charge is 0.0431 e. The van der Waals surface area contributed by atoms with Crippen LogP contribution in [0.5, 0.6) is 0 Å². The topological polar surface area (TPSA) is 20.2 Å². The van der Waals surface area contributed by atoms with Crippen LogP contribution in [-0.4, -0.2) is 11.7 Å². The second-order valence-corrected chi connectivity index (χ2v) is 11.1. The van der Waals surface area contributed by atoms with Gasteiger partial charge < -0.3 is 5.11 Å². The molecule has 0 aromatic carbocycles. The van der Waals surface area contributed by atoms with Gasteiger partial charge in [-0.15, -0.1) is 0 Å². The maximum Gasteiger partial charge on any atom is 0.0431 e. The fourth-order valence-electron chi connectivity index (χ4n) is 8.73. The average molecular weight is 361 g/mol. The minimum Gasteiger partial charge on any atom is -0.396 e. The lowest BCUT2D eigenvalue weighted by Crippen LogP contribution is -2.52. The molecule has 0 aromatic rings. The molecule has 4 aliphatic carbocycles. The fourth-order valence-corrected chi connectivity index (χ4v) is 8.73. The van der Waals surface area contributed by atoms with Crippen molar-refractivity contribution in [1.82, 2.24) is 0 Å². The second-order valence-electron chi connectivity index (χ2n) is 11.1. The molecule has 4 rings (SSSR count). The van der Waals surface area contributed by atoms with Gasteiger partial charge in [0.2, 0.25) is 0 Å². The molecule has 4 aliphatic rings. The molecule has 0 aromatic heterocycles. The lowest BCUT2D eigenvalue weighted by molar-refractivity contribution is -0.111. The summed E-state index contributed by atoms with van der Waals surface area (Å²) in [6, 6.07) is 0. The molecule has 1 heteroatoms. The van der Waals surface area contributed by atoms with Crippen molar-refractivity contribution in [2.45, 2.75) is 110 Å². The molecule has 26 heavy (non-hydrogen) atoms. The predicted molar refractivity (Wildman–Crippen MR) is 110 cm³/mol. The Morgan fingerprint density at radius 1 is 0.731 bits per heavy atom. The predicted octanol–water partition coefficient (Wildman–Crippen LogP) is 6.98. The lowest BCUT2D eigenvalue weighted by Gasteiger charge is -2.60. The molecular formula is C25H44O. The molecule has 0 heterocycles. The molecule has 0 amide bonds. The van der Waals surface area contributed by atoms with E-state index in [9.17, 15) is 0 Å². The molecular weight excluding hydrogens is 316 g/mol. The Hall–Kier alpha value is -0.0400. The van der Waals surface area contributed by atoms with E-state index >= 15 is 0 Å². The first-order chi connectivity index (χ1) is 12.6. The molecule has 0 spiro atoms. The summed E-state index contributed by atoms with van der Waals surface area (Å²) in [7, 11) is 0. The average Bonchev–Trinajstić information content (AvgIpc) is 2.97. The summed E-state index contributed by atoms with van der Waals surface area (Å²) >= 11 is 0. The van der Waals surface area contributed by atoms with Gasteiger partial charge in [0.25, 0.3) is 0 Å². The number of rotatable bonds is 6. The van der Waals surface area contributed by atoms with E-state index in [1.165, 1.54) is 64.2 Å². The Morgan fingerprint density at radius 2 is 1.54 bits per heavy atom. The van der Waals surface area contributed by atoms with Gasteiger partial charge in [0.15, 0.2) is 0 Å². The van der Waals surface area contributed by atoms with Gasteiger partial charge >= 0.3 is 0 Å². The monoisotopic (exact) mass is 360 g/mol. The van der Waals surface area contributed by atoms with Crippen LogP contribution in [0.4, 0.5) is 0 Å². The van der Waals surface area contributed by atoms with E-state index in [0.29, 0.717) is 17.4 Å². The standard InChI is InChI=1S/C25H44O/c1-24-16-7-6-10-19(24)11-13-21-22-14-12-20(9-5-3-4-8-18-26)25(22,2)17-15-23(21)24/h19-23,26H,3-18H2,1-2H3. The van der Waals surface area contributed by atoms with E-state index in [1.54, 1.807) is 25.7 Å². The number of aliphatic hydroxyl groups excluding tert-OH is 1. The summed E-state index contributed by atoms with van der Waals surface area (Å²) in [6.07, 6.45) is 21.8. The highest BCUT2D eigenvalue weighted by Gasteiger charge is 2.59. The van der Waals surface area contributed by atoms with Crippen LogP contribution in [-0.2, 0) is 0 Å². The van der Waals surface area contributed by atoms with Gasteiger partial charge in [-0.25, -0.2) is 0 Å².